The van der Waals surface area contributed by atoms with Crippen LogP contribution in [0.25, 0.3) is 0 Å². The molecule has 1 N–H and O–H groups in total. The molecule has 0 saturated carbocycles. The van der Waals surface area contributed by atoms with Gasteiger partial charge in [-0.3, -0.25) is 4.79 Å². The lowest BCUT2D eigenvalue weighted by Crippen LogP contribution is -2.38. The van der Waals surface area contributed by atoms with Crippen LogP contribution in [0.2, 0.25) is 0 Å². The van der Waals surface area contributed by atoms with Crippen molar-refractivity contribution in [3.63, 3.8) is 0 Å². The molecule has 1 fully saturated rings. The summed E-state index contributed by atoms with van der Waals surface area (Å²) in [6.07, 6.45) is 3.83. The first-order valence-electron chi connectivity index (χ1n) is 5.99. The van der Waals surface area contributed by atoms with Crippen molar-refractivity contribution in [3.8, 4) is 0 Å². The smallest absolute Gasteiger partial charge is 0.321 e. The van der Waals surface area contributed by atoms with Crippen molar-refractivity contribution >= 4 is 15.8 Å². The summed E-state index contributed by atoms with van der Waals surface area (Å²) in [6.45, 7) is 2.24. The number of carboxylic acid groups (broad SMARTS) is 1. The molecule has 100 valence electrons. The van der Waals surface area contributed by atoms with Crippen molar-refractivity contribution < 1.29 is 18.3 Å². The van der Waals surface area contributed by atoms with Crippen molar-refractivity contribution in [2.75, 3.05) is 19.3 Å². The van der Waals surface area contributed by atoms with E-state index >= 15 is 0 Å². The molecule has 2 unspecified atom stereocenters. The van der Waals surface area contributed by atoms with E-state index in [9.17, 15) is 13.2 Å². The minimum absolute atomic E-state index is 0.0323. The molecule has 0 amide bonds. The van der Waals surface area contributed by atoms with Gasteiger partial charge in [-0.25, -0.2) is 8.42 Å². The molecule has 1 saturated heterocycles. The van der Waals surface area contributed by atoms with Crippen molar-refractivity contribution in [2.24, 2.45) is 0 Å². The Morgan fingerprint density at radius 1 is 1.47 bits per heavy atom. The lowest BCUT2D eigenvalue weighted by Gasteiger charge is -2.32. The third-order valence-corrected chi connectivity index (χ3v) is 5.63. The van der Waals surface area contributed by atoms with Crippen LogP contribution in [0.3, 0.4) is 0 Å². The molecule has 1 aliphatic heterocycles. The predicted molar refractivity (Wildman–Crippen MR) is 65.8 cm³/mol. The fourth-order valence-corrected chi connectivity index (χ4v) is 3.40. The zero-order valence-electron chi connectivity index (χ0n) is 10.4. The average Bonchev–Trinajstić information content (AvgIpc) is 2.27. The first-order valence-corrected chi connectivity index (χ1v) is 7.71. The van der Waals surface area contributed by atoms with E-state index in [1.165, 1.54) is 6.92 Å². The number of hydrogen-bond acceptors (Lipinski definition) is 4. The van der Waals surface area contributed by atoms with E-state index in [2.05, 4.69) is 4.90 Å². The van der Waals surface area contributed by atoms with E-state index in [0.29, 0.717) is 6.42 Å². The van der Waals surface area contributed by atoms with Gasteiger partial charge in [-0.1, -0.05) is 6.42 Å². The summed E-state index contributed by atoms with van der Waals surface area (Å²) in [5.41, 5.74) is 0. The van der Waals surface area contributed by atoms with Gasteiger partial charge in [0.15, 0.2) is 15.1 Å². The molecule has 2 atom stereocenters. The topological polar surface area (TPSA) is 74.7 Å². The number of nitrogens with zero attached hydrogens (tertiary/aromatic N) is 1. The molecule has 0 radical (unpaired) electrons. The molecule has 0 aromatic carbocycles. The summed E-state index contributed by atoms with van der Waals surface area (Å²) in [5.74, 6) is -1.29. The van der Waals surface area contributed by atoms with E-state index in [1.807, 2.05) is 7.05 Å². The normalized spacial score (nSPS) is 24.5. The van der Waals surface area contributed by atoms with Crippen molar-refractivity contribution in [3.05, 3.63) is 0 Å². The summed E-state index contributed by atoms with van der Waals surface area (Å²) in [5, 5.41) is 7.42. The second-order valence-corrected chi connectivity index (χ2v) is 7.21. The summed E-state index contributed by atoms with van der Waals surface area (Å²) in [6, 6.07) is 0.277. The number of hydrogen-bond donors (Lipinski definition) is 1. The SMILES string of the molecule is CC(C(=O)O)S(=O)(=O)CCC1CCCCN1C. The lowest BCUT2D eigenvalue weighted by atomic mass is 10.0. The van der Waals surface area contributed by atoms with Crippen LogP contribution in [0.4, 0.5) is 0 Å². The van der Waals surface area contributed by atoms with Gasteiger partial charge >= 0.3 is 5.97 Å². The van der Waals surface area contributed by atoms with Gasteiger partial charge in [-0.15, -0.1) is 0 Å². The number of aliphatic carboxylic acids is 1. The third kappa shape index (κ3) is 3.96. The lowest BCUT2D eigenvalue weighted by molar-refractivity contribution is -0.136. The summed E-state index contributed by atoms with van der Waals surface area (Å²) in [4.78, 5) is 12.8. The van der Waals surface area contributed by atoms with Crippen LogP contribution in [0.5, 0.6) is 0 Å². The molecular formula is C11H21NO4S. The molecular weight excluding hydrogens is 242 g/mol. The quantitative estimate of drug-likeness (QED) is 0.792. The molecule has 0 bridgehead atoms. The molecule has 5 nitrogen and oxygen atoms in total. The molecule has 17 heavy (non-hydrogen) atoms. The fraction of sp³-hybridized carbons (Fsp3) is 0.909. The Hall–Kier alpha value is -0.620. The first kappa shape index (κ1) is 14.4. The summed E-state index contributed by atoms with van der Waals surface area (Å²) in [7, 11) is -1.51. The van der Waals surface area contributed by atoms with Gasteiger partial charge in [-0.05, 0) is 39.8 Å². The molecule has 0 aromatic heterocycles. The van der Waals surface area contributed by atoms with Crippen LogP contribution in [0.15, 0.2) is 0 Å². The second-order valence-electron chi connectivity index (χ2n) is 4.77. The monoisotopic (exact) mass is 263 g/mol. The van der Waals surface area contributed by atoms with Gasteiger partial charge in [-0.2, -0.15) is 0 Å². The Labute approximate surface area is 103 Å². The number of sulfone groups is 1. The predicted octanol–water partition coefficient (Wildman–Crippen LogP) is 0.749. The second kappa shape index (κ2) is 5.82. The summed E-state index contributed by atoms with van der Waals surface area (Å²) >= 11 is 0. The number of carboxylic acids is 1. The highest BCUT2D eigenvalue weighted by Gasteiger charge is 2.29. The van der Waals surface area contributed by atoms with Gasteiger partial charge in [0.2, 0.25) is 0 Å². The molecule has 0 spiro atoms. The molecule has 1 aliphatic rings. The third-order valence-electron chi connectivity index (χ3n) is 3.54. The van der Waals surface area contributed by atoms with Crippen LogP contribution in [0.1, 0.15) is 32.6 Å². The number of carbonyl (C=O) groups is 1. The maximum absolute atomic E-state index is 11.7. The van der Waals surface area contributed by atoms with E-state index in [1.54, 1.807) is 0 Å². The Morgan fingerprint density at radius 3 is 2.65 bits per heavy atom. The highest BCUT2D eigenvalue weighted by atomic mass is 32.2. The largest absolute Gasteiger partial charge is 0.480 e. The zero-order chi connectivity index (χ0) is 13.1. The Kier molecular flexibility index (Phi) is 4.94. The minimum atomic E-state index is -3.51. The van der Waals surface area contributed by atoms with Gasteiger partial charge in [0.05, 0.1) is 5.75 Å². The van der Waals surface area contributed by atoms with E-state index < -0.39 is 21.1 Å². The number of rotatable bonds is 5. The van der Waals surface area contributed by atoms with Crippen molar-refractivity contribution in [1.82, 2.24) is 4.90 Å². The van der Waals surface area contributed by atoms with Crippen LogP contribution < -0.4 is 0 Å². The van der Waals surface area contributed by atoms with E-state index in [-0.39, 0.29) is 11.8 Å². The van der Waals surface area contributed by atoms with Crippen molar-refractivity contribution in [2.45, 2.75) is 43.9 Å². The summed E-state index contributed by atoms with van der Waals surface area (Å²) < 4.78 is 23.4. The molecule has 1 heterocycles. The molecule has 1 rings (SSSR count). The first-order chi connectivity index (χ1) is 7.84. The van der Waals surface area contributed by atoms with Gasteiger partial charge in [0, 0.05) is 6.04 Å². The highest BCUT2D eigenvalue weighted by Crippen LogP contribution is 2.19. The Balaban J connectivity index is 2.52. The van der Waals surface area contributed by atoms with Crippen molar-refractivity contribution in [1.29, 1.82) is 0 Å². The Bertz CT molecular complexity index is 366. The number of piperidine rings is 1. The molecule has 0 aromatic rings. The van der Waals surface area contributed by atoms with E-state index in [0.717, 1.165) is 25.8 Å². The minimum Gasteiger partial charge on any atom is -0.480 e. The van der Waals surface area contributed by atoms with E-state index in [4.69, 9.17) is 5.11 Å². The molecule has 0 aliphatic carbocycles. The van der Waals surface area contributed by atoms with Gasteiger partial charge in [0.1, 0.15) is 0 Å². The highest BCUT2D eigenvalue weighted by molar-refractivity contribution is 7.92. The van der Waals surface area contributed by atoms with Crippen LogP contribution in [-0.2, 0) is 14.6 Å². The molecule has 6 heteroatoms. The van der Waals surface area contributed by atoms with Crippen LogP contribution in [0, 0.1) is 0 Å². The maximum atomic E-state index is 11.7. The fourth-order valence-electron chi connectivity index (χ4n) is 2.14. The van der Waals surface area contributed by atoms with Gasteiger partial charge < -0.3 is 10.0 Å². The Morgan fingerprint density at radius 2 is 2.12 bits per heavy atom. The maximum Gasteiger partial charge on any atom is 0.321 e. The van der Waals surface area contributed by atoms with Crippen LogP contribution in [-0.4, -0.2) is 55.0 Å². The van der Waals surface area contributed by atoms with Crippen LogP contribution >= 0.6 is 0 Å². The standard InChI is InChI=1S/C11H21NO4S/c1-9(11(13)14)17(15,16)8-6-10-5-3-4-7-12(10)2/h9-10H,3-8H2,1-2H3,(H,13,14). The van der Waals surface area contributed by atoms with Gasteiger partial charge in [0.25, 0.3) is 0 Å². The number of likely N-dealkylation sites (tertiary alicyclic amines) is 1. The zero-order valence-corrected chi connectivity index (χ0v) is 11.2. The average molecular weight is 263 g/mol.